The zero-order valence-corrected chi connectivity index (χ0v) is 18.5. The molecule has 0 saturated carbocycles. The summed E-state index contributed by atoms with van der Waals surface area (Å²) in [5, 5.41) is 12.8. The molecule has 0 aromatic heterocycles. The van der Waals surface area contributed by atoms with Gasteiger partial charge in [0.1, 0.15) is 5.75 Å². The Labute approximate surface area is 184 Å². The summed E-state index contributed by atoms with van der Waals surface area (Å²) < 4.78 is 5.77. The van der Waals surface area contributed by atoms with Crippen LogP contribution in [0.3, 0.4) is 0 Å². The number of hydrogen-bond donors (Lipinski definition) is 2. The molecule has 31 heavy (non-hydrogen) atoms. The molecule has 6 heteroatoms. The van der Waals surface area contributed by atoms with Crippen molar-refractivity contribution in [3.63, 3.8) is 0 Å². The van der Waals surface area contributed by atoms with Crippen molar-refractivity contribution < 1.29 is 19.4 Å². The third-order valence-electron chi connectivity index (χ3n) is 5.74. The van der Waals surface area contributed by atoms with E-state index in [1.54, 1.807) is 0 Å². The number of likely N-dealkylation sites (tertiary alicyclic amines) is 1. The van der Waals surface area contributed by atoms with Gasteiger partial charge in [0.15, 0.2) is 0 Å². The van der Waals surface area contributed by atoms with E-state index in [1.807, 2.05) is 61.5 Å². The Morgan fingerprint density at radius 2 is 1.74 bits per heavy atom. The number of rotatable bonds is 8. The third-order valence-corrected chi connectivity index (χ3v) is 5.74. The number of nitrogens with zero attached hydrogens (tertiary/aromatic N) is 1. The van der Waals surface area contributed by atoms with Crippen LogP contribution in [-0.4, -0.2) is 41.2 Å². The zero-order valence-electron chi connectivity index (χ0n) is 18.5. The summed E-state index contributed by atoms with van der Waals surface area (Å²) in [7, 11) is 0. The molecule has 3 rings (SSSR count). The fourth-order valence-electron chi connectivity index (χ4n) is 3.98. The molecule has 1 aliphatic rings. The van der Waals surface area contributed by atoms with Gasteiger partial charge in [-0.3, -0.25) is 4.79 Å². The second-order valence-electron chi connectivity index (χ2n) is 8.58. The maximum atomic E-state index is 13.1. The molecule has 2 aromatic rings. The molecule has 2 amide bonds. The Morgan fingerprint density at radius 3 is 2.35 bits per heavy atom. The van der Waals surface area contributed by atoms with Crippen molar-refractivity contribution in [3.05, 3.63) is 65.7 Å². The Morgan fingerprint density at radius 1 is 1.06 bits per heavy atom. The van der Waals surface area contributed by atoms with Gasteiger partial charge in [0.25, 0.3) is 0 Å². The van der Waals surface area contributed by atoms with E-state index in [0.29, 0.717) is 25.5 Å². The molecule has 0 bridgehead atoms. The van der Waals surface area contributed by atoms with Crippen molar-refractivity contribution in [2.75, 3.05) is 13.2 Å². The fraction of sp³-hybridized carbons (Fsp3) is 0.440. The number of ether oxygens (including phenoxy) is 1. The van der Waals surface area contributed by atoms with Crippen molar-refractivity contribution in [2.24, 2.45) is 5.92 Å². The predicted molar refractivity (Wildman–Crippen MR) is 120 cm³/mol. The average molecular weight is 425 g/mol. The summed E-state index contributed by atoms with van der Waals surface area (Å²) in [6.45, 7) is 7.16. The highest BCUT2D eigenvalue weighted by molar-refractivity contribution is 5.83. The quantitative estimate of drug-likeness (QED) is 0.636. The number of amides is 2. The van der Waals surface area contributed by atoms with E-state index in [1.165, 1.54) is 4.90 Å². The first-order chi connectivity index (χ1) is 14.9. The van der Waals surface area contributed by atoms with Crippen molar-refractivity contribution in [1.82, 2.24) is 10.2 Å². The molecule has 1 heterocycles. The van der Waals surface area contributed by atoms with E-state index in [4.69, 9.17) is 4.74 Å². The summed E-state index contributed by atoms with van der Waals surface area (Å²) >= 11 is 0. The molecule has 0 spiro atoms. The molecular weight excluding hydrogens is 392 g/mol. The number of hydrogen-bond acceptors (Lipinski definition) is 3. The van der Waals surface area contributed by atoms with E-state index in [-0.39, 0.29) is 17.9 Å². The fourth-order valence-corrected chi connectivity index (χ4v) is 3.98. The van der Waals surface area contributed by atoms with Crippen LogP contribution in [0, 0.1) is 5.92 Å². The SMILES string of the molecule is CC(C)COc1ccc(C(NC(=O)C(C)c2ccccc2)C2CCCN2C(=O)O)cc1. The van der Waals surface area contributed by atoms with Gasteiger partial charge in [-0.2, -0.15) is 0 Å². The molecule has 2 aromatic carbocycles. The van der Waals surface area contributed by atoms with Crippen LogP contribution in [0.5, 0.6) is 5.75 Å². The number of carboxylic acid groups (broad SMARTS) is 1. The molecule has 0 radical (unpaired) electrons. The van der Waals surface area contributed by atoms with Gasteiger partial charge in [0, 0.05) is 6.54 Å². The van der Waals surface area contributed by atoms with Gasteiger partial charge < -0.3 is 20.1 Å². The summed E-state index contributed by atoms with van der Waals surface area (Å²) in [5.41, 5.74) is 1.81. The molecule has 1 aliphatic heterocycles. The van der Waals surface area contributed by atoms with Crippen LogP contribution in [0.25, 0.3) is 0 Å². The van der Waals surface area contributed by atoms with Gasteiger partial charge in [-0.05, 0) is 48.9 Å². The second kappa shape index (κ2) is 10.3. The lowest BCUT2D eigenvalue weighted by atomic mass is 9.94. The topological polar surface area (TPSA) is 78.9 Å². The zero-order chi connectivity index (χ0) is 22.4. The maximum Gasteiger partial charge on any atom is 0.407 e. The number of benzene rings is 2. The van der Waals surface area contributed by atoms with Gasteiger partial charge >= 0.3 is 6.09 Å². The lowest BCUT2D eigenvalue weighted by Gasteiger charge is -2.32. The molecule has 166 valence electrons. The first-order valence-corrected chi connectivity index (χ1v) is 10.9. The third kappa shape index (κ3) is 5.78. The Hall–Kier alpha value is -3.02. The van der Waals surface area contributed by atoms with Gasteiger partial charge in [-0.1, -0.05) is 56.3 Å². The molecule has 3 atom stereocenters. The van der Waals surface area contributed by atoms with E-state index >= 15 is 0 Å². The molecule has 1 saturated heterocycles. The van der Waals surface area contributed by atoms with Gasteiger partial charge in [-0.25, -0.2) is 4.79 Å². The van der Waals surface area contributed by atoms with E-state index in [2.05, 4.69) is 19.2 Å². The second-order valence-corrected chi connectivity index (χ2v) is 8.58. The Balaban J connectivity index is 1.83. The molecule has 0 aliphatic carbocycles. The molecule has 3 unspecified atom stereocenters. The lowest BCUT2D eigenvalue weighted by Crippen LogP contribution is -2.46. The van der Waals surface area contributed by atoms with Crippen LogP contribution in [0.2, 0.25) is 0 Å². The Kier molecular flexibility index (Phi) is 7.55. The molecular formula is C25H32N2O4. The molecule has 6 nitrogen and oxygen atoms in total. The van der Waals surface area contributed by atoms with Crippen LogP contribution < -0.4 is 10.1 Å². The number of carbonyl (C=O) groups is 2. The van der Waals surface area contributed by atoms with Crippen LogP contribution in [-0.2, 0) is 4.79 Å². The first kappa shape index (κ1) is 22.7. The summed E-state index contributed by atoms with van der Waals surface area (Å²) in [6.07, 6.45) is 0.546. The van der Waals surface area contributed by atoms with Crippen LogP contribution >= 0.6 is 0 Å². The minimum atomic E-state index is -0.949. The highest BCUT2D eigenvalue weighted by Gasteiger charge is 2.37. The van der Waals surface area contributed by atoms with Crippen molar-refractivity contribution in [3.8, 4) is 5.75 Å². The van der Waals surface area contributed by atoms with Crippen LogP contribution in [0.15, 0.2) is 54.6 Å². The smallest absolute Gasteiger partial charge is 0.407 e. The summed E-state index contributed by atoms with van der Waals surface area (Å²) in [4.78, 5) is 26.3. The van der Waals surface area contributed by atoms with Gasteiger partial charge in [-0.15, -0.1) is 0 Å². The van der Waals surface area contributed by atoms with Gasteiger partial charge in [0.2, 0.25) is 5.91 Å². The maximum absolute atomic E-state index is 13.1. The van der Waals surface area contributed by atoms with Crippen molar-refractivity contribution in [2.45, 2.75) is 51.6 Å². The normalized spacial score (nSPS) is 17.9. The van der Waals surface area contributed by atoms with E-state index in [0.717, 1.165) is 23.3 Å². The summed E-state index contributed by atoms with van der Waals surface area (Å²) in [5.74, 6) is 0.737. The summed E-state index contributed by atoms with van der Waals surface area (Å²) in [6, 6.07) is 16.5. The predicted octanol–water partition coefficient (Wildman–Crippen LogP) is 4.82. The average Bonchev–Trinajstić information content (AvgIpc) is 3.26. The van der Waals surface area contributed by atoms with E-state index < -0.39 is 12.1 Å². The van der Waals surface area contributed by atoms with Crippen molar-refractivity contribution >= 4 is 12.0 Å². The number of nitrogens with one attached hydrogen (secondary N) is 1. The lowest BCUT2D eigenvalue weighted by molar-refractivity contribution is -0.123. The minimum Gasteiger partial charge on any atom is -0.493 e. The standard InChI is InChI=1S/C25H32N2O4/c1-17(2)16-31-21-13-11-20(12-14-21)23(22-10-7-15-27(22)25(29)30)26-24(28)18(3)19-8-5-4-6-9-19/h4-6,8-9,11-14,17-18,22-23H,7,10,15-16H2,1-3H3,(H,26,28)(H,29,30). The minimum absolute atomic E-state index is 0.117. The highest BCUT2D eigenvalue weighted by Crippen LogP contribution is 2.31. The molecule has 1 fully saturated rings. The Bertz CT molecular complexity index is 867. The van der Waals surface area contributed by atoms with Crippen LogP contribution in [0.4, 0.5) is 4.79 Å². The van der Waals surface area contributed by atoms with Gasteiger partial charge in [0.05, 0.1) is 24.6 Å². The van der Waals surface area contributed by atoms with Crippen molar-refractivity contribution in [1.29, 1.82) is 0 Å². The highest BCUT2D eigenvalue weighted by atomic mass is 16.5. The van der Waals surface area contributed by atoms with E-state index in [9.17, 15) is 14.7 Å². The monoisotopic (exact) mass is 424 g/mol. The number of carbonyl (C=O) groups excluding carboxylic acids is 1. The molecule has 2 N–H and O–H groups in total. The van der Waals surface area contributed by atoms with Crippen LogP contribution in [0.1, 0.15) is 56.7 Å². The largest absolute Gasteiger partial charge is 0.493 e. The first-order valence-electron chi connectivity index (χ1n) is 10.9.